The Morgan fingerprint density at radius 3 is 2.58 bits per heavy atom. The number of amides is 2. The molecular formula is C17H15ClN2O4. The van der Waals surface area contributed by atoms with Crippen molar-refractivity contribution in [3.05, 3.63) is 47.0 Å². The number of ether oxygens (including phenoxy) is 2. The zero-order valence-electron chi connectivity index (χ0n) is 12.9. The van der Waals surface area contributed by atoms with Gasteiger partial charge >= 0.3 is 0 Å². The van der Waals surface area contributed by atoms with Crippen molar-refractivity contribution in [1.29, 1.82) is 0 Å². The summed E-state index contributed by atoms with van der Waals surface area (Å²) < 4.78 is 10.4. The average molecular weight is 347 g/mol. The van der Waals surface area contributed by atoms with Crippen molar-refractivity contribution in [3.8, 4) is 11.5 Å². The topological polar surface area (TPSA) is 76.7 Å². The van der Waals surface area contributed by atoms with Gasteiger partial charge in [-0.15, -0.1) is 0 Å². The summed E-state index contributed by atoms with van der Waals surface area (Å²) in [6, 6.07) is 10.2. The summed E-state index contributed by atoms with van der Waals surface area (Å²) in [5.74, 6) is 0.370. The van der Waals surface area contributed by atoms with E-state index in [-0.39, 0.29) is 13.2 Å². The molecule has 6 nitrogen and oxygen atoms in total. The third-order valence-corrected chi connectivity index (χ3v) is 3.68. The van der Waals surface area contributed by atoms with E-state index in [9.17, 15) is 9.59 Å². The SMILES string of the molecule is Cc1cc(Cl)ccc1NC(=O)CC(=O)Nc1ccc2c(c1)OCO2. The van der Waals surface area contributed by atoms with Crippen LogP contribution in [-0.4, -0.2) is 18.6 Å². The van der Waals surface area contributed by atoms with E-state index in [1.54, 1.807) is 36.4 Å². The van der Waals surface area contributed by atoms with Gasteiger partial charge in [-0.25, -0.2) is 0 Å². The van der Waals surface area contributed by atoms with E-state index in [4.69, 9.17) is 21.1 Å². The maximum atomic E-state index is 12.0. The first-order valence-corrected chi connectivity index (χ1v) is 7.64. The molecule has 0 atom stereocenters. The summed E-state index contributed by atoms with van der Waals surface area (Å²) >= 11 is 5.87. The number of nitrogens with one attached hydrogen (secondary N) is 2. The van der Waals surface area contributed by atoms with E-state index in [1.165, 1.54) is 0 Å². The molecule has 0 aromatic heterocycles. The quantitative estimate of drug-likeness (QED) is 0.832. The van der Waals surface area contributed by atoms with Crippen LogP contribution >= 0.6 is 11.6 Å². The van der Waals surface area contributed by atoms with Crippen molar-refractivity contribution in [3.63, 3.8) is 0 Å². The van der Waals surface area contributed by atoms with Gasteiger partial charge in [0, 0.05) is 22.5 Å². The second-order valence-electron chi connectivity index (χ2n) is 5.30. The highest BCUT2D eigenvalue weighted by atomic mass is 35.5. The molecular weight excluding hydrogens is 332 g/mol. The van der Waals surface area contributed by atoms with Gasteiger partial charge in [-0.2, -0.15) is 0 Å². The Morgan fingerprint density at radius 1 is 1.04 bits per heavy atom. The van der Waals surface area contributed by atoms with Crippen LogP contribution in [0.4, 0.5) is 11.4 Å². The average Bonchev–Trinajstić information content (AvgIpc) is 2.97. The molecule has 2 aromatic rings. The van der Waals surface area contributed by atoms with E-state index in [2.05, 4.69) is 10.6 Å². The monoisotopic (exact) mass is 346 g/mol. The molecule has 0 aliphatic carbocycles. The second kappa shape index (κ2) is 6.80. The van der Waals surface area contributed by atoms with Crippen LogP contribution in [0.1, 0.15) is 12.0 Å². The Hall–Kier alpha value is -2.73. The summed E-state index contributed by atoms with van der Waals surface area (Å²) in [6.45, 7) is 1.99. The molecule has 0 radical (unpaired) electrons. The minimum Gasteiger partial charge on any atom is -0.454 e. The molecule has 2 amide bonds. The van der Waals surface area contributed by atoms with Gasteiger partial charge in [0.15, 0.2) is 11.5 Å². The predicted octanol–water partition coefficient (Wildman–Crippen LogP) is 3.34. The summed E-state index contributed by atoms with van der Waals surface area (Å²) in [5, 5.41) is 5.94. The number of rotatable bonds is 4. The first kappa shape index (κ1) is 16.1. The smallest absolute Gasteiger partial charge is 0.233 e. The van der Waals surface area contributed by atoms with Crippen LogP contribution in [0, 0.1) is 6.92 Å². The molecule has 1 aliphatic heterocycles. The number of hydrogen-bond donors (Lipinski definition) is 2. The standard InChI is InChI=1S/C17H15ClN2O4/c1-10-6-11(18)2-4-13(10)20-17(22)8-16(21)19-12-3-5-14-15(7-12)24-9-23-14/h2-7H,8-9H2,1H3,(H,19,21)(H,20,22). The highest BCUT2D eigenvalue weighted by Crippen LogP contribution is 2.34. The Labute approximate surface area is 143 Å². The molecule has 2 aromatic carbocycles. The number of aryl methyl sites for hydroxylation is 1. The number of hydrogen-bond acceptors (Lipinski definition) is 4. The van der Waals surface area contributed by atoms with Crippen LogP contribution in [0.3, 0.4) is 0 Å². The van der Waals surface area contributed by atoms with Crippen LogP contribution in [0.2, 0.25) is 5.02 Å². The van der Waals surface area contributed by atoms with Gasteiger partial charge in [0.05, 0.1) is 0 Å². The third-order valence-electron chi connectivity index (χ3n) is 3.44. The molecule has 0 saturated carbocycles. The van der Waals surface area contributed by atoms with E-state index in [0.717, 1.165) is 5.56 Å². The maximum absolute atomic E-state index is 12.0. The first-order valence-electron chi connectivity index (χ1n) is 7.27. The minimum absolute atomic E-state index is 0.162. The highest BCUT2D eigenvalue weighted by Gasteiger charge is 2.15. The van der Waals surface area contributed by atoms with E-state index in [1.807, 2.05) is 6.92 Å². The first-order chi connectivity index (χ1) is 11.5. The summed E-state index contributed by atoms with van der Waals surface area (Å²) in [7, 11) is 0. The molecule has 124 valence electrons. The maximum Gasteiger partial charge on any atom is 0.233 e. The molecule has 7 heteroatoms. The van der Waals surface area contributed by atoms with Crippen molar-refractivity contribution in [2.45, 2.75) is 13.3 Å². The third kappa shape index (κ3) is 3.78. The Bertz CT molecular complexity index is 807. The van der Waals surface area contributed by atoms with Gasteiger partial charge in [0.2, 0.25) is 18.6 Å². The van der Waals surface area contributed by atoms with Gasteiger partial charge in [-0.05, 0) is 42.8 Å². The molecule has 24 heavy (non-hydrogen) atoms. The number of halogens is 1. The van der Waals surface area contributed by atoms with Gasteiger partial charge < -0.3 is 20.1 Å². The molecule has 1 aliphatic rings. The largest absolute Gasteiger partial charge is 0.454 e. The van der Waals surface area contributed by atoms with Crippen LogP contribution in [-0.2, 0) is 9.59 Å². The lowest BCUT2D eigenvalue weighted by Crippen LogP contribution is -2.21. The van der Waals surface area contributed by atoms with Gasteiger partial charge in [-0.3, -0.25) is 9.59 Å². The highest BCUT2D eigenvalue weighted by molar-refractivity contribution is 6.30. The molecule has 0 fully saturated rings. The lowest BCUT2D eigenvalue weighted by molar-refractivity contribution is -0.123. The lowest BCUT2D eigenvalue weighted by atomic mass is 10.2. The number of fused-ring (bicyclic) bond motifs is 1. The number of carbonyl (C=O) groups excluding carboxylic acids is 2. The van der Waals surface area contributed by atoms with Crippen LogP contribution < -0.4 is 20.1 Å². The van der Waals surface area contributed by atoms with Crippen LogP contribution in [0.15, 0.2) is 36.4 Å². The molecule has 0 spiro atoms. The van der Waals surface area contributed by atoms with E-state index < -0.39 is 11.8 Å². The van der Waals surface area contributed by atoms with Crippen LogP contribution in [0.5, 0.6) is 11.5 Å². The molecule has 3 rings (SSSR count). The van der Waals surface area contributed by atoms with Crippen molar-refractivity contribution >= 4 is 34.8 Å². The number of carbonyl (C=O) groups is 2. The molecule has 1 heterocycles. The summed E-state index contributed by atoms with van der Waals surface area (Å²) in [6.07, 6.45) is -0.295. The number of benzene rings is 2. The fraction of sp³-hybridized carbons (Fsp3) is 0.176. The lowest BCUT2D eigenvalue weighted by Gasteiger charge is -2.09. The zero-order valence-corrected chi connectivity index (χ0v) is 13.6. The Morgan fingerprint density at radius 2 is 1.79 bits per heavy atom. The zero-order chi connectivity index (χ0) is 17.1. The minimum atomic E-state index is -0.419. The fourth-order valence-electron chi connectivity index (χ4n) is 2.29. The van der Waals surface area contributed by atoms with Gasteiger partial charge in [0.1, 0.15) is 6.42 Å². The number of anilines is 2. The second-order valence-corrected chi connectivity index (χ2v) is 5.74. The van der Waals surface area contributed by atoms with E-state index in [0.29, 0.717) is 27.9 Å². The molecule has 2 N–H and O–H groups in total. The molecule has 0 bridgehead atoms. The van der Waals surface area contributed by atoms with Crippen molar-refractivity contribution in [1.82, 2.24) is 0 Å². The van der Waals surface area contributed by atoms with Crippen molar-refractivity contribution < 1.29 is 19.1 Å². The molecule has 0 saturated heterocycles. The normalized spacial score (nSPS) is 11.9. The molecule has 0 unspecified atom stereocenters. The summed E-state index contributed by atoms with van der Waals surface area (Å²) in [4.78, 5) is 24.0. The van der Waals surface area contributed by atoms with E-state index >= 15 is 0 Å². The van der Waals surface area contributed by atoms with Crippen molar-refractivity contribution in [2.75, 3.05) is 17.4 Å². The summed E-state index contributed by atoms with van der Waals surface area (Å²) in [5.41, 5.74) is 1.99. The fourth-order valence-corrected chi connectivity index (χ4v) is 2.51. The van der Waals surface area contributed by atoms with Crippen LogP contribution in [0.25, 0.3) is 0 Å². The Kier molecular flexibility index (Phi) is 4.57. The van der Waals surface area contributed by atoms with Gasteiger partial charge in [0.25, 0.3) is 0 Å². The van der Waals surface area contributed by atoms with Gasteiger partial charge in [-0.1, -0.05) is 11.6 Å². The Balaban J connectivity index is 1.57. The predicted molar refractivity (Wildman–Crippen MR) is 90.6 cm³/mol. The van der Waals surface area contributed by atoms with Crippen molar-refractivity contribution in [2.24, 2.45) is 0 Å².